The first kappa shape index (κ1) is 18.6. The van der Waals surface area contributed by atoms with Crippen LogP contribution in [0, 0.1) is 5.82 Å². The molecule has 3 aromatic carbocycles. The van der Waals surface area contributed by atoms with Gasteiger partial charge in [0.25, 0.3) is 0 Å². The van der Waals surface area contributed by atoms with Crippen molar-refractivity contribution in [2.24, 2.45) is 0 Å². The van der Waals surface area contributed by atoms with E-state index >= 15 is 0 Å². The lowest BCUT2D eigenvalue weighted by atomic mass is 9.94. The minimum atomic E-state index is -1.08. The summed E-state index contributed by atoms with van der Waals surface area (Å²) >= 11 is 0. The Kier molecular flexibility index (Phi) is 4.68. The minimum Gasteiger partial charge on any atom is -0.325 e. The smallest absolute Gasteiger partial charge is 0.243 e. The molecule has 2 amide bonds. The van der Waals surface area contributed by atoms with E-state index in [1.165, 1.54) is 29.2 Å². The van der Waals surface area contributed by atoms with Gasteiger partial charge < -0.3 is 10.2 Å². The Morgan fingerprint density at radius 1 is 0.931 bits per heavy atom. The van der Waals surface area contributed by atoms with Crippen LogP contribution in [-0.4, -0.2) is 24.6 Å². The molecule has 1 unspecified atom stereocenters. The fraction of sp³-hybridized carbons (Fsp3) is 0.0870. The molecule has 1 atom stereocenters. The number of para-hydroxylation sites is 1. The maximum absolute atomic E-state index is 13.1. The van der Waals surface area contributed by atoms with E-state index in [0.29, 0.717) is 28.1 Å². The summed E-state index contributed by atoms with van der Waals surface area (Å²) in [5.74, 6) is -2.68. The molecule has 1 N–H and O–H groups in total. The maximum atomic E-state index is 13.1. The van der Waals surface area contributed by atoms with Crippen LogP contribution in [0.2, 0.25) is 0 Å². The standard InChI is InChI=1S/C23H17FN2O3/c1-26-20-17(8-5-9-18(20)21(27)14-6-3-2-4-7-14)19(23(26)29)22(28)25-16-12-10-15(24)11-13-16/h2-13,19H,1H3,(H,25,28). The molecule has 5 nitrogen and oxygen atoms in total. The summed E-state index contributed by atoms with van der Waals surface area (Å²) in [6, 6.07) is 19.1. The molecule has 1 aliphatic rings. The predicted molar refractivity (Wildman–Crippen MR) is 107 cm³/mol. The molecule has 144 valence electrons. The van der Waals surface area contributed by atoms with Crippen molar-refractivity contribution in [2.75, 3.05) is 17.3 Å². The van der Waals surface area contributed by atoms with Crippen molar-refractivity contribution < 1.29 is 18.8 Å². The maximum Gasteiger partial charge on any atom is 0.243 e. The highest BCUT2D eigenvalue weighted by Crippen LogP contribution is 2.40. The van der Waals surface area contributed by atoms with E-state index in [2.05, 4.69) is 5.32 Å². The molecule has 4 rings (SSSR count). The van der Waals surface area contributed by atoms with Crippen LogP contribution in [0.4, 0.5) is 15.8 Å². The molecule has 29 heavy (non-hydrogen) atoms. The number of anilines is 2. The number of fused-ring (bicyclic) bond motifs is 1. The number of likely N-dealkylation sites (N-methyl/N-ethyl adjacent to an activating group) is 1. The third-order valence-corrected chi connectivity index (χ3v) is 4.95. The number of nitrogens with one attached hydrogen (secondary N) is 1. The van der Waals surface area contributed by atoms with Gasteiger partial charge in [0.2, 0.25) is 11.8 Å². The monoisotopic (exact) mass is 388 g/mol. The molecule has 3 aromatic rings. The van der Waals surface area contributed by atoms with E-state index in [1.807, 2.05) is 6.07 Å². The first-order valence-electron chi connectivity index (χ1n) is 9.04. The second kappa shape index (κ2) is 7.31. The highest BCUT2D eigenvalue weighted by molar-refractivity contribution is 6.24. The van der Waals surface area contributed by atoms with Crippen LogP contribution in [-0.2, 0) is 9.59 Å². The van der Waals surface area contributed by atoms with Gasteiger partial charge >= 0.3 is 0 Å². The molecular formula is C23H17FN2O3. The molecule has 1 heterocycles. The predicted octanol–water partition coefficient (Wildman–Crippen LogP) is 3.76. The number of nitrogens with zero attached hydrogens (tertiary/aromatic N) is 1. The van der Waals surface area contributed by atoms with Crippen molar-refractivity contribution in [1.82, 2.24) is 0 Å². The van der Waals surface area contributed by atoms with E-state index in [4.69, 9.17) is 0 Å². The Balaban J connectivity index is 1.70. The van der Waals surface area contributed by atoms with Gasteiger partial charge in [-0.25, -0.2) is 4.39 Å². The van der Waals surface area contributed by atoms with Gasteiger partial charge in [-0.15, -0.1) is 0 Å². The topological polar surface area (TPSA) is 66.5 Å². The number of carbonyl (C=O) groups excluding carboxylic acids is 3. The summed E-state index contributed by atoms with van der Waals surface area (Å²) in [5, 5.41) is 2.65. The third kappa shape index (κ3) is 3.29. The largest absolute Gasteiger partial charge is 0.325 e. The van der Waals surface area contributed by atoms with Crippen molar-refractivity contribution >= 4 is 29.0 Å². The van der Waals surface area contributed by atoms with Gasteiger partial charge in [-0.1, -0.05) is 42.5 Å². The number of halogens is 1. The SMILES string of the molecule is CN1C(=O)C(C(=O)Nc2ccc(F)cc2)c2cccc(C(=O)c3ccccc3)c21. The van der Waals surface area contributed by atoms with Gasteiger partial charge in [0, 0.05) is 23.9 Å². The lowest BCUT2D eigenvalue weighted by Crippen LogP contribution is -2.31. The van der Waals surface area contributed by atoms with E-state index in [9.17, 15) is 18.8 Å². The van der Waals surface area contributed by atoms with E-state index in [0.717, 1.165) is 0 Å². The molecule has 0 aliphatic carbocycles. The molecule has 1 aliphatic heterocycles. The van der Waals surface area contributed by atoms with Crippen molar-refractivity contribution in [2.45, 2.75) is 5.92 Å². The van der Waals surface area contributed by atoms with Crippen LogP contribution < -0.4 is 10.2 Å². The second-order valence-corrected chi connectivity index (χ2v) is 6.76. The number of amides is 2. The third-order valence-electron chi connectivity index (χ3n) is 4.95. The molecule has 0 saturated carbocycles. The lowest BCUT2D eigenvalue weighted by Gasteiger charge is -2.14. The summed E-state index contributed by atoms with van der Waals surface area (Å²) in [6.07, 6.45) is 0. The van der Waals surface area contributed by atoms with Crippen molar-refractivity contribution in [3.8, 4) is 0 Å². The Morgan fingerprint density at radius 2 is 1.62 bits per heavy atom. The van der Waals surface area contributed by atoms with Crippen LogP contribution in [0.3, 0.4) is 0 Å². The normalized spacial score (nSPS) is 15.2. The molecule has 0 fully saturated rings. The van der Waals surface area contributed by atoms with Crippen LogP contribution in [0.5, 0.6) is 0 Å². The average molecular weight is 388 g/mol. The van der Waals surface area contributed by atoms with Gasteiger partial charge in [-0.3, -0.25) is 14.4 Å². The Bertz CT molecular complexity index is 1110. The highest BCUT2D eigenvalue weighted by atomic mass is 19.1. The molecule has 0 saturated heterocycles. The number of hydrogen-bond acceptors (Lipinski definition) is 3. The van der Waals surface area contributed by atoms with Crippen molar-refractivity contribution in [1.29, 1.82) is 0 Å². The number of hydrogen-bond donors (Lipinski definition) is 1. The molecule has 0 spiro atoms. The van der Waals surface area contributed by atoms with Crippen molar-refractivity contribution in [3.05, 3.63) is 95.3 Å². The van der Waals surface area contributed by atoms with E-state index in [-0.39, 0.29) is 5.78 Å². The average Bonchev–Trinajstić information content (AvgIpc) is 3.00. The molecule has 0 aromatic heterocycles. The molecule has 6 heteroatoms. The summed E-state index contributed by atoms with van der Waals surface area (Å²) in [7, 11) is 1.55. The fourth-order valence-electron chi connectivity index (χ4n) is 3.53. The molecular weight excluding hydrogens is 371 g/mol. The number of carbonyl (C=O) groups is 3. The summed E-state index contributed by atoms with van der Waals surface area (Å²) in [6.45, 7) is 0. The summed E-state index contributed by atoms with van der Waals surface area (Å²) in [5.41, 5.74) is 2.16. The van der Waals surface area contributed by atoms with Crippen LogP contribution in [0.15, 0.2) is 72.8 Å². The number of rotatable bonds is 4. The Morgan fingerprint density at radius 3 is 2.31 bits per heavy atom. The Labute approximate surface area is 166 Å². The van der Waals surface area contributed by atoms with E-state index < -0.39 is 23.5 Å². The van der Waals surface area contributed by atoms with Crippen LogP contribution >= 0.6 is 0 Å². The zero-order valence-electron chi connectivity index (χ0n) is 15.6. The van der Waals surface area contributed by atoms with Gasteiger partial charge in [0.15, 0.2) is 5.78 Å². The first-order chi connectivity index (χ1) is 14.0. The highest BCUT2D eigenvalue weighted by Gasteiger charge is 2.42. The number of benzene rings is 3. The lowest BCUT2D eigenvalue weighted by molar-refractivity contribution is -0.126. The van der Waals surface area contributed by atoms with Gasteiger partial charge in [-0.05, 0) is 35.9 Å². The second-order valence-electron chi connectivity index (χ2n) is 6.76. The van der Waals surface area contributed by atoms with Gasteiger partial charge in [0.1, 0.15) is 11.7 Å². The summed E-state index contributed by atoms with van der Waals surface area (Å²) in [4.78, 5) is 40.0. The molecule has 0 radical (unpaired) electrons. The summed E-state index contributed by atoms with van der Waals surface area (Å²) < 4.78 is 13.1. The van der Waals surface area contributed by atoms with Gasteiger partial charge in [-0.2, -0.15) is 0 Å². The van der Waals surface area contributed by atoms with Gasteiger partial charge in [0.05, 0.1) is 5.69 Å². The first-order valence-corrected chi connectivity index (χ1v) is 9.04. The van der Waals surface area contributed by atoms with Crippen LogP contribution in [0.25, 0.3) is 0 Å². The van der Waals surface area contributed by atoms with E-state index in [1.54, 1.807) is 49.5 Å². The zero-order chi connectivity index (χ0) is 20.5. The number of ketones is 1. The minimum absolute atomic E-state index is 0.221. The zero-order valence-corrected chi connectivity index (χ0v) is 15.6. The fourth-order valence-corrected chi connectivity index (χ4v) is 3.53. The Hall–Kier alpha value is -3.80. The molecule has 0 bridgehead atoms. The van der Waals surface area contributed by atoms with Crippen molar-refractivity contribution in [3.63, 3.8) is 0 Å². The quantitative estimate of drug-likeness (QED) is 0.547. The van der Waals surface area contributed by atoms with Crippen LogP contribution in [0.1, 0.15) is 27.4 Å².